The normalized spacial score (nSPS) is 12.8. The lowest BCUT2D eigenvalue weighted by molar-refractivity contribution is 0.666. The van der Waals surface area contributed by atoms with E-state index in [-0.39, 0.29) is 5.41 Å². The van der Waals surface area contributed by atoms with E-state index in [4.69, 9.17) is 0 Å². The highest BCUT2D eigenvalue weighted by molar-refractivity contribution is 6.04. The van der Waals surface area contributed by atoms with Gasteiger partial charge in [-0.05, 0) is 97.2 Å². The fourth-order valence-corrected chi connectivity index (χ4v) is 8.09. The van der Waals surface area contributed by atoms with Gasteiger partial charge in [-0.25, -0.2) is 0 Å². The number of rotatable bonds is 6. The third kappa shape index (κ3) is 4.94. The second kappa shape index (κ2) is 12.1. The molecule has 0 aliphatic heterocycles. The molecule has 8 aromatic rings. The molecule has 0 spiro atoms. The highest BCUT2D eigenvalue weighted by Gasteiger charge is 2.38. The zero-order chi connectivity index (χ0) is 33.7. The van der Waals surface area contributed by atoms with Crippen molar-refractivity contribution in [3.63, 3.8) is 0 Å². The van der Waals surface area contributed by atoms with Crippen molar-refractivity contribution in [3.8, 4) is 44.5 Å². The third-order valence-corrected chi connectivity index (χ3v) is 10.4. The number of benzene rings is 8. The molecule has 0 aromatic heterocycles. The van der Waals surface area contributed by atoms with Gasteiger partial charge in [0.2, 0.25) is 0 Å². The van der Waals surface area contributed by atoms with Crippen LogP contribution in [0.4, 0.5) is 17.1 Å². The van der Waals surface area contributed by atoms with Gasteiger partial charge in [0.05, 0.1) is 5.69 Å². The maximum absolute atomic E-state index is 2.43. The van der Waals surface area contributed by atoms with Crippen molar-refractivity contribution in [2.75, 3.05) is 4.90 Å². The molecule has 0 N–H and O–H groups in total. The van der Waals surface area contributed by atoms with Gasteiger partial charge in [0.15, 0.2) is 0 Å². The predicted molar refractivity (Wildman–Crippen MR) is 213 cm³/mol. The van der Waals surface area contributed by atoms with Crippen molar-refractivity contribution in [2.24, 2.45) is 0 Å². The van der Waals surface area contributed by atoms with Crippen molar-refractivity contribution in [1.29, 1.82) is 0 Å². The van der Waals surface area contributed by atoms with Crippen molar-refractivity contribution < 1.29 is 0 Å². The Bertz CT molecular complexity index is 2490. The molecule has 0 radical (unpaired) electrons. The number of fused-ring (bicyclic) bond motifs is 5. The fourth-order valence-electron chi connectivity index (χ4n) is 8.09. The Morgan fingerprint density at radius 3 is 1.74 bits per heavy atom. The summed E-state index contributed by atoms with van der Waals surface area (Å²) in [7, 11) is 0. The Balaban J connectivity index is 1.33. The summed E-state index contributed by atoms with van der Waals surface area (Å²) in [4.78, 5) is 2.43. The molecule has 238 valence electrons. The quantitative estimate of drug-likeness (QED) is 0.175. The van der Waals surface area contributed by atoms with Crippen LogP contribution < -0.4 is 4.90 Å². The molecule has 1 aliphatic carbocycles. The first-order valence-electron chi connectivity index (χ1n) is 17.4. The van der Waals surface area contributed by atoms with Crippen LogP contribution in [0, 0.1) is 0 Å². The molecule has 0 amide bonds. The summed E-state index contributed by atoms with van der Waals surface area (Å²) in [5, 5.41) is 2.62. The van der Waals surface area contributed by atoms with E-state index in [2.05, 4.69) is 207 Å². The first kappa shape index (κ1) is 29.9. The number of hydrogen-bond donors (Lipinski definition) is 0. The summed E-state index contributed by atoms with van der Waals surface area (Å²) >= 11 is 0. The Morgan fingerprint density at radius 2 is 1.00 bits per heavy atom. The van der Waals surface area contributed by atoms with E-state index >= 15 is 0 Å². The minimum atomic E-state index is -0.151. The summed E-state index contributed by atoms with van der Waals surface area (Å²) < 4.78 is 0. The summed E-state index contributed by atoms with van der Waals surface area (Å²) in [5.74, 6) is 0. The zero-order valence-corrected chi connectivity index (χ0v) is 28.3. The minimum Gasteiger partial charge on any atom is -0.310 e. The van der Waals surface area contributed by atoms with Gasteiger partial charge in [-0.3, -0.25) is 0 Å². The summed E-state index contributed by atoms with van der Waals surface area (Å²) in [5.41, 5.74) is 15.9. The third-order valence-electron chi connectivity index (χ3n) is 10.4. The second-order valence-electron chi connectivity index (χ2n) is 13.7. The number of hydrogen-bond acceptors (Lipinski definition) is 1. The monoisotopic (exact) mass is 639 g/mol. The molecule has 0 heterocycles. The van der Waals surface area contributed by atoms with Gasteiger partial charge >= 0.3 is 0 Å². The van der Waals surface area contributed by atoms with Crippen molar-refractivity contribution >= 4 is 27.8 Å². The average molecular weight is 640 g/mol. The van der Waals surface area contributed by atoms with Gasteiger partial charge in [-0.1, -0.05) is 166 Å². The molecular formula is C49H37N. The first-order valence-corrected chi connectivity index (χ1v) is 17.4. The highest BCUT2D eigenvalue weighted by Crippen LogP contribution is 2.56. The Labute approximate surface area is 294 Å². The summed E-state index contributed by atoms with van der Waals surface area (Å²) in [6.07, 6.45) is 0. The van der Waals surface area contributed by atoms with Crippen LogP contribution >= 0.6 is 0 Å². The van der Waals surface area contributed by atoms with E-state index in [0.717, 1.165) is 17.1 Å². The lowest BCUT2D eigenvalue weighted by atomic mass is 9.80. The molecule has 50 heavy (non-hydrogen) atoms. The Kier molecular flexibility index (Phi) is 7.21. The van der Waals surface area contributed by atoms with Crippen LogP contribution in [0.15, 0.2) is 188 Å². The second-order valence-corrected chi connectivity index (χ2v) is 13.7. The number of anilines is 3. The largest absolute Gasteiger partial charge is 0.310 e. The van der Waals surface area contributed by atoms with E-state index in [1.807, 2.05) is 0 Å². The molecule has 0 saturated carbocycles. The molecule has 1 nitrogen and oxygen atoms in total. The lowest BCUT2D eigenvalue weighted by Crippen LogP contribution is -2.15. The van der Waals surface area contributed by atoms with Crippen LogP contribution in [0.3, 0.4) is 0 Å². The van der Waals surface area contributed by atoms with Crippen molar-refractivity contribution in [2.45, 2.75) is 19.3 Å². The minimum absolute atomic E-state index is 0.151. The molecule has 0 bridgehead atoms. The van der Waals surface area contributed by atoms with Gasteiger partial charge in [0.1, 0.15) is 0 Å². The Morgan fingerprint density at radius 1 is 0.400 bits per heavy atom. The maximum Gasteiger partial charge on any atom is 0.0540 e. The molecule has 9 rings (SSSR count). The molecular weight excluding hydrogens is 603 g/mol. The predicted octanol–water partition coefficient (Wildman–Crippen LogP) is 13.6. The zero-order valence-electron chi connectivity index (χ0n) is 28.3. The van der Waals surface area contributed by atoms with Gasteiger partial charge < -0.3 is 4.90 Å². The van der Waals surface area contributed by atoms with Gasteiger partial charge in [-0.15, -0.1) is 0 Å². The maximum atomic E-state index is 2.43. The fraction of sp³-hybridized carbons (Fsp3) is 0.0612. The molecule has 8 aromatic carbocycles. The number of nitrogens with zero attached hydrogens (tertiary/aromatic N) is 1. The van der Waals surface area contributed by atoms with Crippen LogP contribution in [0.2, 0.25) is 0 Å². The SMILES string of the molecule is CC1(C)c2cccc(-c3cc(-c4ccccc4)ccc3N(c3ccccc3)c3cccc(-c4ccccc4)c3)c2-c2ccc3ccccc3c21. The standard InChI is InChI=1S/C49H37N/c1-49(2)45-27-15-26-42(47(45)43-30-28-36-20-12-13-25-41(36)48(43)49)44-33-38(35-18-8-4-9-19-35)29-31-46(44)50(39-22-10-5-11-23-39)40-24-14-21-37(32-40)34-16-6-3-7-17-34/h3-33H,1-2H3. The van der Waals surface area contributed by atoms with Gasteiger partial charge in [-0.2, -0.15) is 0 Å². The highest BCUT2D eigenvalue weighted by atomic mass is 15.1. The van der Waals surface area contributed by atoms with Gasteiger partial charge in [0, 0.05) is 22.4 Å². The molecule has 1 heteroatoms. The molecule has 0 atom stereocenters. The van der Waals surface area contributed by atoms with E-state index in [1.165, 1.54) is 66.4 Å². The van der Waals surface area contributed by atoms with Crippen molar-refractivity contribution in [3.05, 3.63) is 199 Å². The molecule has 1 aliphatic rings. The van der Waals surface area contributed by atoms with Crippen molar-refractivity contribution in [1.82, 2.24) is 0 Å². The molecule has 0 saturated heterocycles. The molecule has 0 fully saturated rings. The van der Waals surface area contributed by atoms with Crippen LogP contribution in [-0.2, 0) is 5.41 Å². The number of para-hydroxylation sites is 1. The molecule has 0 unspecified atom stereocenters. The lowest BCUT2D eigenvalue weighted by Gasteiger charge is -2.29. The van der Waals surface area contributed by atoms with Crippen LogP contribution in [-0.4, -0.2) is 0 Å². The van der Waals surface area contributed by atoms with E-state index in [1.54, 1.807) is 0 Å². The smallest absolute Gasteiger partial charge is 0.0540 e. The van der Waals surface area contributed by atoms with E-state index < -0.39 is 0 Å². The Hall–Kier alpha value is -6.18. The van der Waals surface area contributed by atoms with Gasteiger partial charge in [0.25, 0.3) is 0 Å². The first-order chi connectivity index (χ1) is 24.6. The summed E-state index contributed by atoms with van der Waals surface area (Å²) in [6, 6.07) is 68.5. The van der Waals surface area contributed by atoms with Crippen LogP contribution in [0.25, 0.3) is 55.3 Å². The van der Waals surface area contributed by atoms with E-state index in [9.17, 15) is 0 Å². The van der Waals surface area contributed by atoms with E-state index in [0.29, 0.717) is 0 Å². The van der Waals surface area contributed by atoms with Crippen LogP contribution in [0.1, 0.15) is 25.0 Å². The summed E-state index contributed by atoms with van der Waals surface area (Å²) in [6.45, 7) is 4.78. The van der Waals surface area contributed by atoms with Crippen LogP contribution in [0.5, 0.6) is 0 Å². The average Bonchev–Trinajstić information content (AvgIpc) is 3.43. The topological polar surface area (TPSA) is 3.24 Å².